The number of hydrogen-bond acceptors (Lipinski definition) is 2. The molecule has 0 aromatic heterocycles. The summed E-state index contributed by atoms with van der Waals surface area (Å²) < 4.78 is 0. The Morgan fingerprint density at radius 1 is 0.569 bits per heavy atom. The SMILES string of the molecule is CCCCCCCCc1cc(N=C(C=Nc2cc(CCCC)c(CCCC)c(-c3ccccc3)c2)CC)cc(C)c1CCCCCCCC.[Ni][Br]. The molecular formula is C47H70BrN2Ni. The molecule has 0 unspecified atom stereocenters. The average Bonchev–Trinajstić information content (AvgIpc) is 3.16. The van der Waals surface area contributed by atoms with Crippen LogP contribution in [0.2, 0.25) is 0 Å². The molecule has 3 rings (SSSR count). The first-order valence-corrected chi connectivity index (χ1v) is 23.1. The Hall–Kier alpha value is -2.03. The van der Waals surface area contributed by atoms with Crippen molar-refractivity contribution in [3.05, 3.63) is 82.4 Å². The molecule has 0 spiro atoms. The summed E-state index contributed by atoms with van der Waals surface area (Å²) in [6.07, 6.45) is 28.4. The number of benzene rings is 3. The molecule has 285 valence electrons. The Morgan fingerprint density at radius 2 is 1.08 bits per heavy atom. The van der Waals surface area contributed by atoms with E-state index in [9.17, 15) is 0 Å². The van der Waals surface area contributed by atoms with Crippen molar-refractivity contribution in [3.63, 3.8) is 0 Å². The first-order chi connectivity index (χ1) is 25.0. The Balaban J connectivity index is 0.00000442. The molecule has 2 nitrogen and oxygen atoms in total. The van der Waals surface area contributed by atoms with Gasteiger partial charge in [0.25, 0.3) is 0 Å². The fourth-order valence-electron chi connectivity index (χ4n) is 7.11. The molecule has 0 heterocycles. The van der Waals surface area contributed by atoms with Crippen LogP contribution in [0.15, 0.2) is 64.6 Å². The van der Waals surface area contributed by atoms with Crippen LogP contribution in [0.1, 0.15) is 172 Å². The zero-order valence-electron chi connectivity index (χ0n) is 33.2. The predicted molar refractivity (Wildman–Crippen MR) is 229 cm³/mol. The topological polar surface area (TPSA) is 24.7 Å². The monoisotopic (exact) mass is 799 g/mol. The van der Waals surface area contributed by atoms with Crippen LogP contribution in [0.3, 0.4) is 0 Å². The molecule has 0 aliphatic carbocycles. The number of aliphatic imine (C=N–C) groups is 2. The zero-order valence-corrected chi connectivity index (χ0v) is 35.8. The van der Waals surface area contributed by atoms with E-state index in [2.05, 4.69) is 124 Å². The van der Waals surface area contributed by atoms with Crippen LogP contribution >= 0.6 is 14.2 Å². The molecule has 0 saturated carbocycles. The molecule has 0 amide bonds. The molecule has 0 aliphatic heterocycles. The van der Waals surface area contributed by atoms with Gasteiger partial charge in [-0.25, -0.2) is 0 Å². The zero-order chi connectivity index (χ0) is 37.1. The third kappa shape index (κ3) is 17.1. The first kappa shape index (κ1) is 45.1. The van der Waals surface area contributed by atoms with E-state index in [4.69, 9.17) is 9.98 Å². The van der Waals surface area contributed by atoms with Crippen molar-refractivity contribution >= 4 is 37.5 Å². The van der Waals surface area contributed by atoms with Gasteiger partial charge in [-0.15, -0.1) is 0 Å². The number of unbranched alkanes of at least 4 members (excludes halogenated alkanes) is 12. The molecule has 4 heteroatoms. The van der Waals surface area contributed by atoms with E-state index in [1.54, 1.807) is 5.56 Å². The van der Waals surface area contributed by atoms with E-state index < -0.39 is 0 Å². The van der Waals surface area contributed by atoms with Crippen LogP contribution < -0.4 is 0 Å². The number of hydrogen-bond donors (Lipinski definition) is 0. The van der Waals surface area contributed by atoms with Crippen molar-refractivity contribution in [1.29, 1.82) is 0 Å². The standard InChI is InChI=1S/C47H70N2.BrH.Ni/c1-7-12-16-18-20-23-30-40-35-44(33-38(6)45(40)32-26-21-19-17-13-8-2)49-42(11-5)37-48-43-34-41(27-14-9-3)46(31-15-10-4)47(36-43)39-28-24-22-25-29-39;;/h22,24-25,28-29,33-37H,7-21,23,26-27,30-32H2,1-6H3;1H;/q;;+1/p-1. The number of aryl methyl sites for hydroxylation is 3. The molecule has 0 N–H and O–H groups in total. The maximum atomic E-state index is 5.23. The van der Waals surface area contributed by atoms with Crippen molar-refractivity contribution in [2.45, 2.75) is 176 Å². The molecule has 3 aromatic rings. The molecule has 0 atom stereocenters. The summed E-state index contributed by atoms with van der Waals surface area (Å²) in [5.74, 6) is 0. The summed E-state index contributed by atoms with van der Waals surface area (Å²) in [5.41, 5.74) is 13.3. The van der Waals surface area contributed by atoms with Gasteiger partial charge in [0.1, 0.15) is 0 Å². The third-order valence-corrected chi connectivity index (χ3v) is 10.1. The van der Waals surface area contributed by atoms with E-state index in [-0.39, 0.29) is 0 Å². The van der Waals surface area contributed by atoms with Gasteiger partial charge < -0.3 is 0 Å². The molecule has 3 aromatic carbocycles. The van der Waals surface area contributed by atoms with Crippen LogP contribution in [0.5, 0.6) is 0 Å². The van der Waals surface area contributed by atoms with E-state index in [1.165, 1.54) is 149 Å². The van der Waals surface area contributed by atoms with Gasteiger partial charge in [-0.05, 0) is 128 Å². The van der Waals surface area contributed by atoms with Crippen molar-refractivity contribution in [3.8, 4) is 11.1 Å². The van der Waals surface area contributed by atoms with Crippen LogP contribution in [0.4, 0.5) is 11.4 Å². The summed E-state index contributed by atoms with van der Waals surface area (Å²) in [6.45, 7) is 13.7. The average molecular weight is 802 g/mol. The summed E-state index contributed by atoms with van der Waals surface area (Å²) in [6, 6.07) is 20.3. The molecule has 0 bridgehead atoms. The second-order valence-electron chi connectivity index (χ2n) is 14.4. The van der Waals surface area contributed by atoms with Gasteiger partial charge >= 0.3 is 27.9 Å². The minimum absolute atomic E-state index is 0.859. The molecule has 0 fully saturated rings. The van der Waals surface area contributed by atoms with Gasteiger partial charge in [-0.1, -0.05) is 142 Å². The maximum absolute atomic E-state index is 5.23. The second kappa shape index (κ2) is 28.5. The van der Waals surface area contributed by atoms with E-state index >= 15 is 0 Å². The normalized spacial score (nSPS) is 11.7. The fourth-order valence-corrected chi connectivity index (χ4v) is 7.11. The summed E-state index contributed by atoms with van der Waals surface area (Å²) in [4.78, 5) is 10.3. The number of halogens is 1. The van der Waals surface area contributed by atoms with Gasteiger partial charge in [0, 0.05) is 6.21 Å². The van der Waals surface area contributed by atoms with Gasteiger partial charge in [-0.2, -0.15) is 0 Å². The van der Waals surface area contributed by atoms with Crippen LogP contribution in [0, 0.1) is 6.92 Å². The van der Waals surface area contributed by atoms with Gasteiger partial charge in [-0.3, -0.25) is 9.98 Å². The number of nitrogens with zero attached hydrogens (tertiary/aromatic N) is 2. The van der Waals surface area contributed by atoms with Gasteiger partial charge in [0.05, 0.1) is 17.1 Å². The fraction of sp³-hybridized carbons (Fsp3) is 0.574. The molecule has 0 saturated heterocycles. The quantitative estimate of drug-likeness (QED) is 0.0463. The van der Waals surface area contributed by atoms with Crippen LogP contribution in [-0.2, 0) is 39.4 Å². The van der Waals surface area contributed by atoms with E-state index in [1.807, 2.05) is 6.21 Å². The second-order valence-corrected chi connectivity index (χ2v) is 14.4. The first-order valence-electron chi connectivity index (χ1n) is 20.6. The molecule has 0 radical (unpaired) electrons. The molecule has 51 heavy (non-hydrogen) atoms. The van der Waals surface area contributed by atoms with Crippen molar-refractivity contribution < 1.29 is 13.7 Å². The predicted octanol–water partition coefficient (Wildman–Crippen LogP) is 15.9. The molecular weight excluding hydrogens is 731 g/mol. The van der Waals surface area contributed by atoms with Crippen molar-refractivity contribution in [2.24, 2.45) is 9.98 Å². The van der Waals surface area contributed by atoms with E-state index in [0.29, 0.717) is 0 Å². The van der Waals surface area contributed by atoms with Crippen molar-refractivity contribution in [1.82, 2.24) is 0 Å². The Morgan fingerprint density at radius 3 is 1.71 bits per heavy atom. The van der Waals surface area contributed by atoms with Crippen LogP contribution in [0.25, 0.3) is 11.1 Å². The third-order valence-electron chi connectivity index (χ3n) is 10.1. The van der Waals surface area contributed by atoms with Crippen molar-refractivity contribution in [2.75, 3.05) is 0 Å². The van der Waals surface area contributed by atoms with Gasteiger partial charge in [0.15, 0.2) is 0 Å². The van der Waals surface area contributed by atoms with Gasteiger partial charge in [0.2, 0.25) is 0 Å². The summed E-state index contributed by atoms with van der Waals surface area (Å²) >= 11 is 6.25. The molecule has 0 aliphatic rings. The Kier molecular flexibility index (Phi) is 25.2. The summed E-state index contributed by atoms with van der Waals surface area (Å²) in [5, 5.41) is 0. The van der Waals surface area contributed by atoms with Crippen LogP contribution in [-0.4, -0.2) is 11.9 Å². The minimum atomic E-state index is 0.859. The van der Waals surface area contributed by atoms with E-state index in [0.717, 1.165) is 36.3 Å². The summed E-state index contributed by atoms with van der Waals surface area (Å²) in [7, 11) is 0. The Bertz CT molecular complexity index is 1410. The number of rotatable bonds is 25. The Labute approximate surface area is 329 Å².